The van der Waals surface area contributed by atoms with Crippen LogP contribution in [-0.4, -0.2) is 71.7 Å². The van der Waals surface area contributed by atoms with Gasteiger partial charge in [-0.05, 0) is 61.7 Å². The molecule has 3 heterocycles. The molecule has 1 aromatic heterocycles. The SMILES string of the molecule is Cc1ccc(C(=O)N2CCCC(c3cccc(C(=O)N4CCN(C(=O)c5ccco5)CC4)c3)C2)cc1. The Bertz CT molecular complexity index is 1230. The number of hydrogen-bond acceptors (Lipinski definition) is 4. The highest BCUT2D eigenvalue weighted by atomic mass is 16.3. The second-order valence-corrected chi connectivity index (χ2v) is 9.64. The number of piperidine rings is 1. The Labute approximate surface area is 211 Å². The highest BCUT2D eigenvalue weighted by Gasteiger charge is 2.28. The van der Waals surface area contributed by atoms with E-state index in [2.05, 4.69) is 6.07 Å². The fourth-order valence-corrected chi connectivity index (χ4v) is 5.09. The Balaban J connectivity index is 1.22. The van der Waals surface area contributed by atoms with Crippen LogP contribution in [0, 0.1) is 6.92 Å². The third kappa shape index (κ3) is 5.05. The van der Waals surface area contributed by atoms with Gasteiger partial charge in [0.15, 0.2) is 5.76 Å². The third-order valence-corrected chi connectivity index (χ3v) is 7.20. The molecule has 7 nitrogen and oxygen atoms in total. The topological polar surface area (TPSA) is 74.1 Å². The molecule has 7 heteroatoms. The van der Waals surface area contributed by atoms with Gasteiger partial charge in [-0.25, -0.2) is 0 Å². The monoisotopic (exact) mass is 485 g/mol. The number of aryl methyl sites for hydroxylation is 1. The summed E-state index contributed by atoms with van der Waals surface area (Å²) < 4.78 is 5.22. The molecule has 0 radical (unpaired) electrons. The fraction of sp³-hybridized carbons (Fsp3) is 0.345. The molecule has 0 spiro atoms. The maximum atomic E-state index is 13.3. The maximum absolute atomic E-state index is 13.3. The number of nitrogens with zero attached hydrogens (tertiary/aromatic N) is 3. The predicted octanol–water partition coefficient (Wildman–Crippen LogP) is 4.21. The van der Waals surface area contributed by atoms with Crippen LogP contribution in [0.2, 0.25) is 0 Å². The van der Waals surface area contributed by atoms with Crippen molar-refractivity contribution in [1.29, 1.82) is 0 Å². The van der Waals surface area contributed by atoms with Gasteiger partial charge in [-0.15, -0.1) is 0 Å². The third-order valence-electron chi connectivity index (χ3n) is 7.20. The first-order valence-corrected chi connectivity index (χ1v) is 12.6. The lowest BCUT2D eigenvalue weighted by Gasteiger charge is -2.35. The van der Waals surface area contributed by atoms with Crippen molar-refractivity contribution in [3.8, 4) is 0 Å². The van der Waals surface area contributed by atoms with Gasteiger partial charge in [-0.3, -0.25) is 14.4 Å². The van der Waals surface area contributed by atoms with E-state index in [0.29, 0.717) is 44.0 Å². The van der Waals surface area contributed by atoms with Gasteiger partial charge >= 0.3 is 0 Å². The van der Waals surface area contributed by atoms with E-state index >= 15 is 0 Å². The van der Waals surface area contributed by atoms with Crippen LogP contribution in [0.15, 0.2) is 71.3 Å². The van der Waals surface area contributed by atoms with Crippen LogP contribution in [0.4, 0.5) is 0 Å². The van der Waals surface area contributed by atoms with Crippen molar-refractivity contribution in [2.45, 2.75) is 25.7 Å². The van der Waals surface area contributed by atoms with Crippen LogP contribution in [0.25, 0.3) is 0 Å². The minimum absolute atomic E-state index is 0.0228. The first kappa shape index (κ1) is 23.9. The minimum Gasteiger partial charge on any atom is -0.459 e. The van der Waals surface area contributed by atoms with Crippen molar-refractivity contribution in [1.82, 2.24) is 14.7 Å². The second kappa shape index (κ2) is 10.4. The number of amides is 3. The molecule has 2 saturated heterocycles. The Morgan fingerprint density at radius 3 is 2.14 bits per heavy atom. The summed E-state index contributed by atoms with van der Waals surface area (Å²) in [6, 6.07) is 18.9. The van der Waals surface area contributed by atoms with Crippen molar-refractivity contribution in [3.05, 3.63) is 94.9 Å². The lowest BCUT2D eigenvalue weighted by Crippen LogP contribution is -2.50. The first-order valence-electron chi connectivity index (χ1n) is 12.6. The summed E-state index contributed by atoms with van der Waals surface area (Å²) in [6.45, 7) is 5.34. The number of hydrogen-bond donors (Lipinski definition) is 0. The van der Waals surface area contributed by atoms with E-state index in [1.165, 1.54) is 6.26 Å². The summed E-state index contributed by atoms with van der Waals surface area (Å²) in [5.74, 6) is 0.420. The number of furan rings is 1. The quantitative estimate of drug-likeness (QED) is 0.555. The van der Waals surface area contributed by atoms with Gasteiger partial charge in [0.1, 0.15) is 0 Å². The molecule has 0 saturated carbocycles. The maximum Gasteiger partial charge on any atom is 0.289 e. The van der Waals surface area contributed by atoms with Crippen LogP contribution in [-0.2, 0) is 0 Å². The van der Waals surface area contributed by atoms with Crippen LogP contribution in [0.1, 0.15) is 61.2 Å². The molecule has 36 heavy (non-hydrogen) atoms. The predicted molar refractivity (Wildman–Crippen MR) is 136 cm³/mol. The van der Waals surface area contributed by atoms with E-state index in [4.69, 9.17) is 4.42 Å². The largest absolute Gasteiger partial charge is 0.459 e. The van der Waals surface area contributed by atoms with E-state index < -0.39 is 0 Å². The van der Waals surface area contributed by atoms with Gasteiger partial charge in [-0.2, -0.15) is 0 Å². The van der Waals surface area contributed by atoms with Crippen molar-refractivity contribution in [3.63, 3.8) is 0 Å². The molecule has 1 atom stereocenters. The molecule has 0 aliphatic carbocycles. The van der Waals surface area contributed by atoms with Crippen LogP contribution in [0.3, 0.4) is 0 Å². The molecular formula is C29H31N3O4. The number of carbonyl (C=O) groups excluding carboxylic acids is 3. The normalized spacial score (nSPS) is 18.2. The van der Waals surface area contributed by atoms with E-state index in [0.717, 1.165) is 36.1 Å². The van der Waals surface area contributed by atoms with E-state index in [9.17, 15) is 14.4 Å². The number of carbonyl (C=O) groups is 3. The smallest absolute Gasteiger partial charge is 0.289 e. The summed E-state index contributed by atoms with van der Waals surface area (Å²) >= 11 is 0. The summed E-state index contributed by atoms with van der Waals surface area (Å²) in [6.07, 6.45) is 3.42. The Morgan fingerprint density at radius 1 is 0.750 bits per heavy atom. The van der Waals surface area contributed by atoms with E-state index in [1.807, 2.05) is 54.3 Å². The van der Waals surface area contributed by atoms with Gasteiger partial charge in [0.2, 0.25) is 0 Å². The Kier molecular flexibility index (Phi) is 6.89. The Morgan fingerprint density at radius 2 is 1.44 bits per heavy atom. The van der Waals surface area contributed by atoms with E-state index in [1.54, 1.807) is 21.9 Å². The molecule has 1 unspecified atom stereocenters. The summed E-state index contributed by atoms with van der Waals surface area (Å²) in [5, 5.41) is 0. The average molecular weight is 486 g/mol. The molecule has 3 aromatic rings. The zero-order valence-corrected chi connectivity index (χ0v) is 20.6. The van der Waals surface area contributed by atoms with Crippen LogP contribution < -0.4 is 0 Å². The number of likely N-dealkylation sites (tertiary alicyclic amines) is 1. The summed E-state index contributed by atoms with van der Waals surface area (Å²) in [5.41, 5.74) is 3.60. The zero-order valence-electron chi connectivity index (χ0n) is 20.6. The molecule has 2 aliphatic heterocycles. The van der Waals surface area contributed by atoms with Crippen LogP contribution in [0.5, 0.6) is 0 Å². The van der Waals surface area contributed by atoms with Gasteiger partial charge in [0.05, 0.1) is 6.26 Å². The zero-order chi connectivity index (χ0) is 25.1. The standard InChI is InChI=1S/C29H31N3O4/c1-21-9-11-22(12-10-21)27(33)32-13-3-7-25(20-32)23-5-2-6-24(19-23)28(34)30-14-16-31(17-15-30)29(35)26-8-4-18-36-26/h2,4-6,8-12,18-19,25H,3,7,13-17,20H2,1H3. The lowest BCUT2D eigenvalue weighted by molar-refractivity contribution is 0.0518. The molecule has 3 amide bonds. The first-order chi connectivity index (χ1) is 17.5. The minimum atomic E-state index is -0.142. The summed E-state index contributed by atoms with van der Waals surface area (Å²) in [7, 11) is 0. The molecule has 2 aliphatic rings. The van der Waals surface area contributed by atoms with Gasteiger partial charge in [0, 0.05) is 56.3 Å². The fourth-order valence-electron chi connectivity index (χ4n) is 5.09. The van der Waals surface area contributed by atoms with Crippen LogP contribution >= 0.6 is 0 Å². The Hall–Kier alpha value is -3.87. The number of piperazine rings is 1. The van der Waals surface area contributed by atoms with Gasteiger partial charge in [-0.1, -0.05) is 29.8 Å². The molecule has 2 aromatic carbocycles. The number of benzene rings is 2. The van der Waals surface area contributed by atoms with Gasteiger partial charge in [0.25, 0.3) is 17.7 Å². The molecular weight excluding hydrogens is 454 g/mol. The van der Waals surface area contributed by atoms with Crippen molar-refractivity contribution >= 4 is 17.7 Å². The van der Waals surface area contributed by atoms with Crippen molar-refractivity contribution < 1.29 is 18.8 Å². The molecule has 2 fully saturated rings. The lowest BCUT2D eigenvalue weighted by atomic mass is 9.89. The second-order valence-electron chi connectivity index (χ2n) is 9.64. The van der Waals surface area contributed by atoms with Gasteiger partial charge < -0.3 is 19.1 Å². The number of rotatable bonds is 4. The summed E-state index contributed by atoms with van der Waals surface area (Å²) in [4.78, 5) is 44.3. The molecule has 5 rings (SSSR count). The van der Waals surface area contributed by atoms with Crippen molar-refractivity contribution in [2.24, 2.45) is 0 Å². The van der Waals surface area contributed by atoms with Crippen molar-refractivity contribution in [2.75, 3.05) is 39.3 Å². The highest BCUT2D eigenvalue weighted by Crippen LogP contribution is 2.29. The molecule has 186 valence electrons. The molecule has 0 bridgehead atoms. The highest BCUT2D eigenvalue weighted by molar-refractivity contribution is 5.95. The average Bonchev–Trinajstić information content (AvgIpc) is 3.48. The van der Waals surface area contributed by atoms with E-state index in [-0.39, 0.29) is 23.6 Å². The molecule has 0 N–H and O–H groups in total.